The van der Waals surface area contributed by atoms with Gasteiger partial charge in [-0.1, -0.05) is 102 Å². The Hall–Kier alpha value is -2.00. The second-order valence-corrected chi connectivity index (χ2v) is 8.03. The van der Waals surface area contributed by atoms with Crippen molar-refractivity contribution < 1.29 is 14.2 Å². The maximum Gasteiger partial charge on any atom is 0.374 e. The highest BCUT2D eigenvalue weighted by Crippen LogP contribution is 2.36. The zero-order valence-corrected chi connectivity index (χ0v) is 19.1. The molecule has 0 spiro atoms. The average molecular weight is 413 g/mol. The Morgan fingerprint density at radius 2 is 1.10 bits per heavy atom. The zero-order valence-electron chi connectivity index (χ0n) is 19.1. The molecule has 0 aliphatic rings. The van der Waals surface area contributed by atoms with Gasteiger partial charge in [-0.05, 0) is 37.1 Å². The highest BCUT2D eigenvalue weighted by molar-refractivity contribution is 5.24. The molecule has 0 aliphatic carbocycles. The van der Waals surface area contributed by atoms with E-state index in [9.17, 15) is 0 Å². The van der Waals surface area contributed by atoms with Crippen molar-refractivity contribution in [2.24, 2.45) is 5.92 Å². The third kappa shape index (κ3) is 8.02. The van der Waals surface area contributed by atoms with Crippen LogP contribution < -0.4 is 9.47 Å². The second kappa shape index (κ2) is 14.1. The van der Waals surface area contributed by atoms with Crippen LogP contribution in [0.1, 0.15) is 78.1 Å². The highest BCUT2D eigenvalue weighted by Gasteiger charge is 2.44. The van der Waals surface area contributed by atoms with Gasteiger partial charge in [0.1, 0.15) is 11.5 Å². The standard InChI is InChI=1S/C27H40O3/c1-4-6-8-9-10-13-19-24(18-7-5-2)27(28-3,29-25-20-14-11-15-21-25)30-26-22-16-12-17-23-26/h11-12,14-17,20-24H,4-10,13,18-19H2,1-3H3. The van der Waals surface area contributed by atoms with Crippen molar-refractivity contribution >= 4 is 0 Å². The fourth-order valence-electron chi connectivity index (χ4n) is 3.86. The van der Waals surface area contributed by atoms with Crippen LogP contribution in [0.25, 0.3) is 0 Å². The van der Waals surface area contributed by atoms with Crippen molar-refractivity contribution in [1.29, 1.82) is 0 Å². The predicted octanol–water partition coefficient (Wildman–Crippen LogP) is 8.00. The molecule has 1 unspecified atom stereocenters. The molecule has 0 saturated heterocycles. The van der Waals surface area contributed by atoms with Crippen LogP contribution in [0.15, 0.2) is 60.7 Å². The Labute approximate surface area is 183 Å². The molecular weight excluding hydrogens is 372 g/mol. The number of methoxy groups -OCH3 is 1. The number of para-hydroxylation sites is 2. The average Bonchev–Trinajstić information content (AvgIpc) is 2.79. The van der Waals surface area contributed by atoms with E-state index in [2.05, 4.69) is 13.8 Å². The Balaban J connectivity index is 2.20. The number of hydrogen-bond donors (Lipinski definition) is 0. The van der Waals surface area contributed by atoms with E-state index in [0.29, 0.717) is 0 Å². The summed E-state index contributed by atoms with van der Waals surface area (Å²) in [5.41, 5.74) is 0. The number of benzene rings is 2. The molecule has 0 heterocycles. The summed E-state index contributed by atoms with van der Waals surface area (Å²) in [5, 5.41) is 0. The smallest absolute Gasteiger partial charge is 0.374 e. The van der Waals surface area contributed by atoms with Gasteiger partial charge in [0.2, 0.25) is 0 Å². The lowest BCUT2D eigenvalue weighted by atomic mass is 9.92. The highest BCUT2D eigenvalue weighted by atomic mass is 16.9. The van der Waals surface area contributed by atoms with Gasteiger partial charge >= 0.3 is 5.97 Å². The summed E-state index contributed by atoms with van der Waals surface area (Å²) in [6.45, 7) is 4.49. The van der Waals surface area contributed by atoms with Gasteiger partial charge in [0.05, 0.1) is 5.92 Å². The normalized spacial score (nSPS) is 12.5. The van der Waals surface area contributed by atoms with Gasteiger partial charge < -0.3 is 14.2 Å². The van der Waals surface area contributed by atoms with Gasteiger partial charge in [0, 0.05) is 7.11 Å². The molecule has 3 heteroatoms. The lowest BCUT2D eigenvalue weighted by Crippen LogP contribution is -2.51. The minimum absolute atomic E-state index is 0.147. The molecule has 166 valence electrons. The van der Waals surface area contributed by atoms with Gasteiger partial charge in [0.25, 0.3) is 0 Å². The summed E-state index contributed by atoms with van der Waals surface area (Å²) < 4.78 is 19.0. The topological polar surface area (TPSA) is 27.7 Å². The summed E-state index contributed by atoms with van der Waals surface area (Å²) in [4.78, 5) is 0. The van der Waals surface area contributed by atoms with Gasteiger partial charge in [-0.3, -0.25) is 0 Å². The molecule has 2 aromatic rings. The van der Waals surface area contributed by atoms with Crippen molar-refractivity contribution in [2.45, 2.75) is 84.0 Å². The molecule has 1 atom stereocenters. The van der Waals surface area contributed by atoms with Crippen LogP contribution in [0.2, 0.25) is 0 Å². The summed E-state index contributed by atoms with van der Waals surface area (Å²) in [5.74, 6) is 0.537. The van der Waals surface area contributed by atoms with E-state index in [1.54, 1.807) is 7.11 Å². The first-order chi connectivity index (χ1) is 14.7. The van der Waals surface area contributed by atoms with Gasteiger partial charge in [0.15, 0.2) is 0 Å². The zero-order chi connectivity index (χ0) is 21.5. The summed E-state index contributed by atoms with van der Waals surface area (Å²) in [6.07, 6.45) is 12.0. The maximum absolute atomic E-state index is 6.47. The number of hydrogen-bond acceptors (Lipinski definition) is 3. The van der Waals surface area contributed by atoms with Gasteiger partial charge in [-0.2, -0.15) is 0 Å². The van der Waals surface area contributed by atoms with Crippen molar-refractivity contribution in [3.63, 3.8) is 0 Å². The Kier molecular flexibility index (Phi) is 11.4. The second-order valence-electron chi connectivity index (χ2n) is 8.03. The van der Waals surface area contributed by atoms with Crippen LogP contribution in [0, 0.1) is 5.92 Å². The monoisotopic (exact) mass is 412 g/mol. The van der Waals surface area contributed by atoms with Crippen LogP contribution in [-0.2, 0) is 4.74 Å². The molecule has 2 aromatic carbocycles. The number of rotatable bonds is 16. The maximum atomic E-state index is 6.47. The largest absolute Gasteiger partial charge is 0.430 e. The quantitative estimate of drug-likeness (QED) is 0.206. The number of ether oxygens (including phenoxy) is 3. The van der Waals surface area contributed by atoms with E-state index >= 15 is 0 Å². The van der Waals surface area contributed by atoms with Gasteiger partial charge in [-0.15, -0.1) is 0 Å². The molecule has 0 radical (unpaired) electrons. The van der Waals surface area contributed by atoms with E-state index in [1.165, 1.54) is 38.5 Å². The fraction of sp³-hybridized carbons (Fsp3) is 0.556. The Morgan fingerprint density at radius 1 is 0.633 bits per heavy atom. The first-order valence-corrected chi connectivity index (χ1v) is 11.8. The summed E-state index contributed by atoms with van der Waals surface area (Å²) in [7, 11) is 1.70. The molecule has 0 saturated carbocycles. The first-order valence-electron chi connectivity index (χ1n) is 11.8. The van der Waals surface area contributed by atoms with Crippen molar-refractivity contribution in [3.05, 3.63) is 60.7 Å². The van der Waals surface area contributed by atoms with Crippen LogP contribution in [0.5, 0.6) is 11.5 Å². The van der Waals surface area contributed by atoms with Gasteiger partial charge in [-0.25, -0.2) is 0 Å². The molecule has 0 fully saturated rings. The Morgan fingerprint density at radius 3 is 1.60 bits per heavy atom. The van der Waals surface area contributed by atoms with E-state index in [0.717, 1.165) is 37.2 Å². The van der Waals surface area contributed by atoms with Crippen LogP contribution in [-0.4, -0.2) is 13.1 Å². The summed E-state index contributed by atoms with van der Waals surface area (Å²) >= 11 is 0. The third-order valence-corrected chi connectivity index (χ3v) is 5.60. The molecule has 3 nitrogen and oxygen atoms in total. The fourth-order valence-corrected chi connectivity index (χ4v) is 3.86. The molecule has 0 bridgehead atoms. The van der Waals surface area contributed by atoms with E-state index in [4.69, 9.17) is 14.2 Å². The van der Waals surface area contributed by atoms with Crippen LogP contribution >= 0.6 is 0 Å². The van der Waals surface area contributed by atoms with Crippen LogP contribution in [0.4, 0.5) is 0 Å². The summed E-state index contributed by atoms with van der Waals surface area (Å²) in [6, 6.07) is 19.7. The molecule has 0 amide bonds. The molecule has 30 heavy (non-hydrogen) atoms. The van der Waals surface area contributed by atoms with E-state index < -0.39 is 5.97 Å². The Bertz CT molecular complexity index is 615. The van der Waals surface area contributed by atoms with Crippen molar-refractivity contribution in [3.8, 4) is 11.5 Å². The van der Waals surface area contributed by atoms with Crippen molar-refractivity contribution in [2.75, 3.05) is 7.11 Å². The van der Waals surface area contributed by atoms with Crippen molar-refractivity contribution in [1.82, 2.24) is 0 Å². The molecular formula is C27H40O3. The first kappa shape index (κ1) is 24.3. The molecule has 2 rings (SSSR count). The lowest BCUT2D eigenvalue weighted by molar-refractivity contribution is -0.321. The van der Waals surface area contributed by atoms with E-state index in [1.807, 2.05) is 60.7 Å². The number of unbranched alkanes of at least 4 members (excludes halogenated alkanes) is 6. The van der Waals surface area contributed by atoms with E-state index in [-0.39, 0.29) is 5.92 Å². The van der Waals surface area contributed by atoms with Crippen LogP contribution in [0.3, 0.4) is 0 Å². The third-order valence-electron chi connectivity index (χ3n) is 5.60. The minimum atomic E-state index is -1.14. The SMILES string of the molecule is CCCCCCCCC(CCCC)C(OC)(Oc1ccccc1)Oc1ccccc1. The lowest BCUT2D eigenvalue weighted by Gasteiger charge is -2.39. The predicted molar refractivity (Wildman–Crippen MR) is 125 cm³/mol. The molecule has 0 N–H and O–H groups in total. The minimum Gasteiger partial charge on any atom is -0.430 e. The molecule has 0 aliphatic heterocycles. The molecule has 0 aromatic heterocycles.